The van der Waals surface area contributed by atoms with E-state index in [4.69, 9.17) is 4.79 Å². The molecule has 0 N–H and O–H groups in total. The maximum absolute atomic E-state index is 9.44. The first-order valence-corrected chi connectivity index (χ1v) is 1.91. The first kappa shape index (κ1) is 15.7. The van der Waals surface area contributed by atoms with Crippen molar-refractivity contribution in [3.8, 4) is 0 Å². The Balaban J connectivity index is -0.0000000575. The molecular weight excluding hydrogens is 148 g/mol. The second-order valence-electron chi connectivity index (χ2n) is 1.11. The minimum absolute atomic E-state index is 0. The Morgan fingerprint density at radius 2 is 1.38 bits per heavy atom. The van der Waals surface area contributed by atoms with E-state index in [9.17, 15) is 4.79 Å². The zero-order valence-corrected chi connectivity index (χ0v) is 6.27. The van der Waals surface area contributed by atoms with E-state index in [0.29, 0.717) is 0 Å². The minimum Gasteiger partial charge on any atom is -0.542 e. The standard InChI is InChI=1S/C3H6O.C2H3O.Fe/c1-3(2)4;1-2-3;/h1-2H3;1H3;/q;-1;. The van der Waals surface area contributed by atoms with Gasteiger partial charge in [0.1, 0.15) is 5.78 Å². The number of rotatable bonds is 0. The molecule has 0 atom stereocenters. The number of hydrogen-bond acceptors (Lipinski definition) is 2. The summed E-state index contributed by atoms with van der Waals surface area (Å²) < 4.78 is 0. The summed E-state index contributed by atoms with van der Waals surface area (Å²) >= 11 is 0. The van der Waals surface area contributed by atoms with E-state index >= 15 is 0 Å². The quantitative estimate of drug-likeness (QED) is 0.383. The summed E-state index contributed by atoms with van der Waals surface area (Å²) in [7, 11) is 0. The number of carbonyl (C=O) groups excluding carboxylic acids is 2. The summed E-state index contributed by atoms with van der Waals surface area (Å²) in [6.07, 6.45) is 1.50. The number of ketones is 1. The molecule has 0 aromatic rings. The van der Waals surface area contributed by atoms with Gasteiger partial charge in [0, 0.05) is 17.1 Å². The van der Waals surface area contributed by atoms with Gasteiger partial charge in [-0.1, -0.05) is 0 Å². The van der Waals surface area contributed by atoms with Crippen molar-refractivity contribution in [1.82, 2.24) is 0 Å². The molecule has 0 amide bonds. The van der Waals surface area contributed by atoms with Gasteiger partial charge in [0.25, 0.3) is 0 Å². The molecule has 0 rings (SSSR count). The molecule has 0 unspecified atom stereocenters. The predicted octanol–water partition coefficient (Wildman–Crippen LogP) is 0.709. The fraction of sp³-hybridized carbons (Fsp3) is 0.600. The van der Waals surface area contributed by atoms with E-state index in [0.717, 1.165) is 0 Å². The first-order valence-electron chi connectivity index (χ1n) is 1.91. The molecule has 0 aliphatic heterocycles. The molecule has 2 nitrogen and oxygen atoms in total. The Hall–Kier alpha value is -0.141. The molecule has 50 valence electrons. The van der Waals surface area contributed by atoms with Crippen LogP contribution in [-0.2, 0) is 26.7 Å². The van der Waals surface area contributed by atoms with Crippen LogP contribution in [0.4, 0.5) is 0 Å². The molecular formula is C5H9FeO2-. The van der Waals surface area contributed by atoms with E-state index in [1.807, 2.05) is 0 Å². The number of hydrogen-bond donors (Lipinski definition) is 0. The van der Waals surface area contributed by atoms with E-state index in [1.54, 1.807) is 0 Å². The van der Waals surface area contributed by atoms with Crippen molar-refractivity contribution in [1.29, 1.82) is 0 Å². The summed E-state index contributed by atoms with van der Waals surface area (Å²) in [5.41, 5.74) is 0. The smallest absolute Gasteiger partial charge is 0.126 e. The van der Waals surface area contributed by atoms with Gasteiger partial charge in [-0.3, -0.25) is 6.29 Å². The van der Waals surface area contributed by atoms with Crippen molar-refractivity contribution in [2.75, 3.05) is 0 Å². The summed E-state index contributed by atoms with van der Waals surface area (Å²) in [5, 5.41) is 0. The Morgan fingerprint density at radius 1 is 1.38 bits per heavy atom. The molecule has 3 heteroatoms. The van der Waals surface area contributed by atoms with Crippen LogP contribution in [0.5, 0.6) is 0 Å². The van der Waals surface area contributed by atoms with Gasteiger partial charge in [-0.15, -0.1) is 0 Å². The largest absolute Gasteiger partial charge is 0.542 e. The summed E-state index contributed by atoms with van der Waals surface area (Å²) in [5.74, 6) is 0.167. The van der Waals surface area contributed by atoms with Gasteiger partial charge >= 0.3 is 0 Å². The van der Waals surface area contributed by atoms with Crippen LogP contribution in [0.15, 0.2) is 0 Å². The monoisotopic (exact) mass is 157 g/mol. The molecule has 0 heterocycles. The first-order chi connectivity index (χ1) is 3.15. The van der Waals surface area contributed by atoms with Gasteiger partial charge in [0.2, 0.25) is 0 Å². The summed E-state index contributed by atoms with van der Waals surface area (Å²) in [4.78, 5) is 18.1. The molecule has 0 aromatic carbocycles. The molecule has 0 bridgehead atoms. The third-order valence-electron chi connectivity index (χ3n) is 0. The molecule has 0 fully saturated rings. The Labute approximate surface area is 60.1 Å². The average Bonchev–Trinajstić information content (AvgIpc) is 1.33. The van der Waals surface area contributed by atoms with Gasteiger partial charge in [-0.25, -0.2) is 0 Å². The fourth-order valence-corrected chi connectivity index (χ4v) is 0. The van der Waals surface area contributed by atoms with E-state index in [1.165, 1.54) is 27.1 Å². The van der Waals surface area contributed by atoms with Crippen molar-refractivity contribution in [2.24, 2.45) is 0 Å². The summed E-state index contributed by atoms with van der Waals surface area (Å²) in [6.45, 7) is 4.38. The molecule has 0 saturated carbocycles. The van der Waals surface area contributed by atoms with Crippen LogP contribution >= 0.6 is 0 Å². The van der Waals surface area contributed by atoms with E-state index in [-0.39, 0.29) is 22.9 Å². The van der Waals surface area contributed by atoms with Gasteiger partial charge in [0.05, 0.1) is 0 Å². The zero-order chi connectivity index (χ0) is 6.28. The fourth-order valence-electron chi connectivity index (χ4n) is 0. The van der Waals surface area contributed by atoms with Gasteiger partial charge in [-0.2, -0.15) is 6.92 Å². The van der Waals surface area contributed by atoms with Crippen LogP contribution in [0.2, 0.25) is 0 Å². The van der Waals surface area contributed by atoms with Crippen molar-refractivity contribution in [3.05, 3.63) is 0 Å². The number of Topliss-reactive ketones (excluding diaryl/α,β-unsaturated/α-hetero) is 1. The van der Waals surface area contributed by atoms with Crippen LogP contribution in [0.1, 0.15) is 20.8 Å². The molecule has 0 spiro atoms. The van der Waals surface area contributed by atoms with E-state index < -0.39 is 0 Å². The average molecular weight is 157 g/mol. The Bertz CT molecular complexity index is 57.4. The van der Waals surface area contributed by atoms with Crippen LogP contribution in [-0.4, -0.2) is 12.1 Å². The van der Waals surface area contributed by atoms with Crippen molar-refractivity contribution >= 4 is 12.1 Å². The Kier molecular flexibility index (Phi) is 30.9. The van der Waals surface area contributed by atoms with Crippen molar-refractivity contribution in [2.45, 2.75) is 20.8 Å². The Morgan fingerprint density at radius 3 is 1.38 bits per heavy atom. The SMILES string of the molecule is CC(C)=O.C[C-]=O.[Fe]. The predicted molar refractivity (Wildman–Crippen MR) is 27.7 cm³/mol. The molecule has 0 radical (unpaired) electrons. The number of carbonyl (C=O) groups is 1. The topological polar surface area (TPSA) is 34.1 Å². The minimum atomic E-state index is 0. The molecule has 0 aliphatic rings. The normalized spacial score (nSPS) is 4.88. The van der Waals surface area contributed by atoms with Crippen LogP contribution < -0.4 is 0 Å². The third-order valence-corrected chi connectivity index (χ3v) is 0. The molecule has 8 heavy (non-hydrogen) atoms. The van der Waals surface area contributed by atoms with Crippen molar-refractivity contribution in [3.63, 3.8) is 0 Å². The third kappa shape index (κ3) is 7010. The van der Waals surface area contributed by atoms with Gasteiger partial charge < -0.3 is 9.59 Å². The van der Waals surface area contributed by atoms with Crippen molar-refractivity contribution < 1.29 is 26.7 Å². The van der Waals surface area contributed by atoms with Gasteiger partial charge in [0.15, 0.2) is 0 Å². The second kappa shape index (κ2) is 15.8. The maximum atomic E-state index is 9.44. The van der Waals surface area contributed by atoms with E-state index in [2.05, 4.69) is 0 Å². The summed E-state index contributed by atoms with van der Waals surface area (Å²) in [6, 6.07) is 0. The molecule has 0 aromatic heterocycles. The van der Waals surface area contributed by atoms with Crippen LogP contribution in [0.3, 0.4) is 0 Å². The maximum Gasteiger partial charge on any atom is 0.126 e. The van der Waals surface area contributed by atoms with Gasteiger partial charge in [-0.05, 0) is 13.8 Å². The zero-order valence-electron chi connectivity index (χ0n) is 5.17. The van der Waals surface area contributed by atoms with Crippen LogP contribution in [0, 0.1) is 0 Å². The van der Waals surface area contributed by atoms with Crippen LogP contribution in [0.25, 0.3) is 0 Å². The molecule has 0 aliphatic carbocycles. The molecule has 0 saturated heterocycles. The second-order valence-corrected chi connectivity index (χ2v) is 1.11.